The van der Waals surface area contributed by atoms with Gasteiger partial charge in [-0.15, -0.1) is 0 Å². The summed E-state index contributed by atoms with van der Waals surface area (Å²) in [5.74, 6) is -2.30. The first kappa shape index (κ1) is 29.8. The molecule has 2 aromatic rings. The van der Waals surface area contributed by atoms with Crippen molar-refractivity contribution in [3.63, 3.8) is 0 Å². The summed E-state index contributed by atoms with van der Waals surface area (Å²) < 4.78 is 40.1. The molecule has 38 heavy (non-hydrogen) atoms. The molecule has 1 aliphatic heterocycles. The van der Waals surface area contributed by atoms with E-state index in [0.717, 1.165) is 73.9 Å². The Morgan fingerprint density at radius 2 is 1.66 bits per heavy atom. The zero-order chi connectivity index (χ0) is 27.7. The molecule has 0 saturated carbocycles. The first-order valence-corrected chi connectivity index (χ1v) is 15.4. The number of rotatable bonds is 13. The maximum atomic E-state index is 13.0. The van der Waals surface area contributed by atoms with Crippen LogP contribution in [0.3, 0.4) is 0 Å². The molecule has 204 valence electrons. The van der Waals surface area contributed by atoms with Crippen molar-refractivity contribution >= 4 is 61.9 Å². The molecule has 0 aliphatic carbocycles. The van der Waals surface area contributed by atoms with Gasteiger partial charge in [-0.1, -0.05) is 62.8 Å². The van der Waals surface area contributed by atoms with E-state index in [1.807, 2.05) is 29.0 Å². The van der Waals surface area contributed by atoms with Gasteiger partial charge in [-0.3, -0.25) is 14.5 Å². The predicted molar refractivity (Wildman–Crippen MR) is 156 cm³/mol. The first-order valence-electron chi connectivity index (χ1n) is 12.5. The highest BCUT2D eigenvalue weighted by atomic mass is 32.2. The van der Waals surface area contributed by atoms with Crippen LogP contribution in [0.15, 0.2) is 53.4 Å². The van der Waals surface area contributed by atoms with Gasteiger partial charge in [0.25, 0.3) is 11.8 Å². The van der Waals surface area contributed by atoms with Crippen LogP contribution in [0.1, 0.15) is 55.5 Å². The minimum absolute atomic E-state index is 0.00777. The summed E-state index contributed by atoms with van der Waals surface area (Å²) in [7, 11) is -4.06. The van der Waals surface area contributed by atoms with Crippen LogP contribution in [0.2, 0.25) is 0 Å². The number of nitrogens with one attached hydrogen (secondary N) is 1. The van der Waals surface area contributed by atoms with Crippen molar-refractivity contribution in [1.82, 2.24) is 9.62 Å². The number of benzene rings is 2. The fourth-order valence-corrected chi connectivity index (χ4v) is 5.99. The Hall–Kier alpha value is -2.76. The van der Waals surface area contributed by atoms with Gasteiger partial charge in [0.1, 0.15) is 10.1 Å². The van der Waals surface area contributed by atoms with Gasteiger partial charge < -0.3 is 4.90 Å². The quantitative estimate of drug-likeness (QED) is 0.259. The van der Waals surface area contributed by atoms with Gasteiger partial charge in [-0.25, -0.2) is 17.5 Å². The molecule has 0 unspecified atom stereocenters. The second-order valence-corrected chi connectivity index (χ2v) is 12.4. The van der Waals surface area contributed by atoms with E-state index in [0.29, 0.717) is 4.91 Å². The summed E-state index contributed by atoms with van der Waals surface area (Å²) in [6, 6.07) is 12.5. The van der Waals surface area contributed by atoms with Crippen LogP contribution in [0.25, 0.3) is 6.08 Å². The number of thioether (sulfide) groups is 1. The van der Waals surface area contributed by atoms with Gasteiger partial charge in [0.15, 0.2) is 0 Å². The Morgan fingerprint density at radius 3 is 2.24 bits per heavy atom. The van der Waals surface area contributed by atoms with Crippen LogP contribution in [0, 0.1) is 5.82 Å². The number of hydrogen-bond donors (Lipinski definition) is 1. The molecular formula is C27H32FN3O4S3. The van der Waals surface area contributed by atoms with E-state index in [9.17, 15) is 22.4 Å². The van der Waals surface area contributed by atoms with Gasteiger partial charge >= 0.3 is 0 Å². The summed E-state index contributed by atoms with van der Waals surface area (Å²) in [6.45, 7) is 6.16. The minimum atomic E-state index is -4.06. The highest BCUT2D eigenvalue weighted by molar-refractivity contribution is 8.26. The molecule has 0 aromatic heterocycles. The van der Waals surface area contributed by atoms with Crippen LogP contribution in [-0.2, 0) is 14.8 Å². The van der Waals surface area contributed by atoms with E-state index < -0.39 is 27.5 Å². The smallest absolute Gasteiger partial charge is 0.266 e. The van der Waals surface area contributed by atoms with Crippen LogP contribution < -0.4 is 9.62 Å². The van der Waals surface area contributed by atoms with Crippen LogP contribution >= 0.6 is 24.0 Å². The molecule has 1 aliphatic rings. The Labute approximate surface area is 233 Å². The number of amides is 2. The monoisotopic (exact) mass is 577 g/mol. The van der Waals surface area contributed by atoms with E-state index >= 15 is 0 Å². The number of anilines is 1. The average Bonchev–Trinajstić information content (AvgIpc) is 3.15. The van der Waals surface area contributed by atoms with Crippen molar-refractivity contribution in [2.45, 2.75) is 39.5 Å². The largest absolute Gasteiger partial charge is 0.372 e. The zero-order valence-corrected chi connectivity index (χ0v) is 23.9. The summed E-state index contributed by atoms with van der Waals surface area (Å²) in [6.07, 6.45) is 6.25. The van der Waals surface area contributed by atoms with E-state index in [2.05, 4.69) is 18.7 Å². The molecule has 1 saturated heterocycles. The molecule has 0 spiro atoms. The van der Waals surface area contributed by atoms with Crippen LogP contribution in [0.4, 0.5) is 10.1 Å². The molecule has 0 radical (unpaired) electrons. The Bertz CT molecular complexity index is 1270. The van der Waals surface area contributed by atoms with Crippen molar-refractivity contribution in [1.29, 1.82) is 0 Å². The molecule has 2 amide bonds. The lowest BCUT2D eigenvalue weighted by Crippen LogP contribution is -2.39. The molecule has 11 heteroatoms. The first-order chi connectivity index (χ1) is 18.1. The van der Waals surface area contributed by atoms with Crippen molar-refractivity contribution in [2.24, 2.45) is 0 Å². The standard InChI is InChI=1S/C27H32FN3O4S3/c1-3-5-15-30(16-6-4-2)23-13-7-20(8-14-23)19-24-26(33)31(27(36)37-24)17-18-38(34,35)29-25(32)21-9-11-22(28)12-10-21/h7-14,19H,3-6,15-18H2,1-2H3,(H,29,32)/b24-19-. The SMILES string of the molecule is CCCCN(CCCC)c1ccc(/C=C2\SC(=S)N(CCS(=O)(=O)NC(=O)c3ccc(F)cc3)C2=O)cc1. The Balaban J connectivity index is 1.62. The average molecular weight is 578 g/mol. The van der Waals surface area contributed by atoms with Crippen LogP contribution in [0.5, 0.6) is 0 Å². The van der Waals surface area contributed by atoms with Crippen molar-refractivity contribution in [3.8, 4) is 0 Å². The number of sulfonamides is 1. The summed E-state index contributed by atoms with van der Waals surface area (Å²) in [4.78, 5) is 29.1. The number of carbonyl (C=O) groups is 2. The Kier molecular flexibility index (Phi) is 10.9. The zero-order valence-electron chi connectivity index (χ0n) is 21.5. The lowest BCUT2D eigenvalue weighted by atomic mass is 10.1. The van der Waals surface area contributed by atoms with E-state index in [1.165, 1.54) is 17.0 Å². The third-order valence-electron chi connectivity index (χ3n) is 5.93. The van der Waals surface area contributed by atoms with E-state index in [-0.39, 0.29) is 22.3 Å². The molecule has 1 N–H and O–H groups in total. The highest BCUT2D eigenvalue weighted by Gasteiger charge is 2.33. The van der Waals surface area contributed by atoms with Crippen molar-refractivity contribution in [3.05, 3.63) is 70.4 Å². The molecular weight excluding hydrogens is 546 g/mol. The van der Waals surface area contributed by atoms with Gasteiger partial charge in [0.2, 0.25) is 10.0 Å². The minimum Gasteiger partial charge on any atom is -0.372 e. The predicted octanol–water partition coefficient (Wildman–Crippen LogP) is 5.19. The second kappa shape index (κ2) is 13.9. The summed E-state index contributed by atoms with van der Waals surface area (Å²) >= 11 is 6.43. The van der Waals surface area contributed by atoms with Gasteiger partial charge in [0.05, 0.1) is 10.7 Å². The van der Waals surface area contributed by atoms with E-state index in [1.54, 1.807) is 6.08 Å². The molecule has 0 atom stereocenters. The molecule has 3 rings (SSSR count). The summed E-state index contributed by atoms with van der Waals surface area (Å²) in [5.41, 5.74) is 2.00. The number of hydrogen-bond acceptors (Lipinski definition) is 7. The topological polar surface area (TPSA) is 86.8 Å². The molecule has 7 nitrogen and oxygen atoms in total. The number of halogens is 1. The van der Waals surface area contributed by atoms with Crippen molar-refractivity contribution < 1.29 is 22.4 Å². The van der Waals surface area contributed by atoms with Crippen molar-refractivity contribution in [2.75, 3.05) is 30.3 Å². The number of unbranched alkanes of at least 4 members (excludes halogenated alkanes) is 2. The van der Waals surface area contributed by atoms with Gasteiger partial charge in [-0.05, 0) is 60.9 Å². The Morgan fingerprint density at radius 1 is 1.05 bits per heavy atom. The normalized spacial score (nSPS) is 14.8. The van der Waals surface area contributed by atoms with Gasteiger partial charge in [-0.2, -0.15) is 0 Å². The third-order valence-corrected chi connectivity index (χ3v) is 8.53. The number of nitrogens with zero attached hydrogens (tertiary/aromatic N) is 2. The van der Waals surface area contributed by atoms with Gasteiger partial charge in [0, 0.05) is 30.9 Å². The summed E-state index contributed by atoms with van der Waals surface area (Å²) in [5, 5.41) is 0. The molecule has 1 fully saturated rings. The molecule has 0 bridgehead atoms. The highest BCUT2D eigenvalue weighted by Crippen LogP contribution is 2.32. The number of carbonyl (C=O) groups excluding carboxylic acids is 2. The second-order valence-electron chi connectivity index (χ2n) is 8.88. The van der Waals surface area contributed by atoms with Crippen LogP contribution in [-0.4, -0.2) is 54.8 Å². The maximum absolute atomic E-state index is 13.0. The molecule has 2 aromatic carbocycles. The number of thiocarbonyl (C=S) groups is 1. The van der Waals surface area contributed by atoms with E-state index in [4.69, 9.17) is 12.2 Å². The maximum Gasteiger partial charge on any atom is 0.266 e. The third kappa shape index (κ3) is 8.37. The lowest BCUT2D eigenvalue weighted by molar-refractivity contribution is -0.121. The fourth-order valence-electron chi connectivity index (χ4n) is 3.76. The lowest BCUT2D eigenvalue weighted by Gasteiger charge is -2.24. The molecule has 1 heterocycles. The fraction of sp³-hybridized carbons (Fsp3) is 0.370.